The predicted molar refractivity (Wildman–Crippen MR) is 100 cm³/mol. The molecule has 1 saturated heterocycles. The molecule has 136 valence electrons. The minimum Gasteiger partial charge on any atom is -0.367 e. The van der Waals surface area contributed by atoms with Crippen molar-refractivity contribution in [1.82, 2.24) is 30.0 Å². The second-order valence-corrected chi connectivity index (χ2v) is 6.34. The molecule has 2 N–H and O–H groups in total. The number of H-pyrrole nitrogens is 1. The third-order valence-electron chi connectivity index (χ3n) is 4.87. The van der Waals surface area contributed by atoms with Crippen molar-refractivity contribution < 1.29 is 4.79 Å². The van der Waals surface area contributed by atoms with Gasteiger partial charge in [-0.25, -0.2) is 14.5 Å². The number of urea groups is 1. The van der Waals surface area contributed by atoms with Crippen LogP contribution in [0.2, 0.25) is 0 Å². The molecule has 1 aliphatic rings. The Morgan fingerprint density at radius 1 is 1.23 bits per heavy atom. The van der Waals surface area contributed by atoms with Gasteiger partial charge < -0.3 is 20.1 Å². The number of aromatic nitrogens is 4. The molecule has 3 heterocycles. The van der Waals surface area contributed by atoms with Crippen molar-refractivity contribution in [3.63, 3.8) is 0 Å². The number of anilines is 1. The van der Waals surface area contributed by atoms with Gasteiger partial charge in [-0.3, -0.25) is 0 Å². The van der Waals surface area contributed by atoms with Crippen molar-refractivity contribution in [2.45, 2.75) is 20.0 Å². The molecule has 0 spiro atoms. The fraction of sp³-hybridized carbons (Fsp3) is 0.389. The molecule has 0 unspecified atom stereocenters. The fourth-order valence-electron chi connectivity index (χ4n) is 3.45. The Labute approximate surface area is 151 Å². The normalized spacial score (nSPS) is 14.8. The Bertz CT molecular complexity index is 892. The molecule has 26 heavy (non-hydrogen) atoms. The molecule has 0 atom stereocenters. The second-order valence-electron chi connectivity index (χ2n) is 6.34. The molecular formula is C18H23N7O. The Hall–Kier alpha value is -3.03. The average molecular weight is 353 g/mol. The van der Waals surface area contributed by atoms with E-state index in [9.17, 15) is 4.79 Å². The smallest absolute Gasteiger partial charge is 0.317 e. The number of hydrogen-bond donors (Lipinski definition) is 2. The van der Waals surface area contributed by atoms with E-state index in [1.807, 2.05) is 18.0 Å². The van der Waals surface area contributed by atoms with Gasteiger partial charge in [-0.2, -0.15) is 5.10 Å². The minimum absolute atomic E-state index is 0.0462. The van der Waals surface area contributed by atoms with Crippen LogP contribution in [0.3, 0.4) is 0 Å². The lowest BCUT2D eigenvalue weighted by atomic mass is 10.2. The van der Waals surface area contributed by atoms with Crippen LogP contribution in [0.25, 0.3) is 10.9 Å². The number of carbonyl (C=O) groups excluding carboxylic acids is 1. The lowest BCUT2D eigenvalue weighted by Crippen LogP contribution is -2.51. The van der Waals surface area contributed by atoms with Crippen LogP contribution in [0.5, 0.6) is 0 Å². The average Bonchev–Trinajstić information content (AvgIpc) is 3.34. The number of rotatable bonds is 4. The van der Waals surface area contributed by atoms with Gasteiger partial charge in [0, 0.05) is 55.5 Å². The molecule has 4 rings (SSSR count). The largest absolute Gasteiger partial charge is 0.367 e. The molecule has 2 aromatic heterocycles. The zero-order chi connectivity index (χ0) is 17.9. The summed E-state index contributed by atoms with van der Waals surface area (Å²) in [7, 11) is 0. The van der Waals surface area contributed by atoms with Crippen LogP contribution in [0.4, 0.5) is 10.5 Å². The molecule has 8 nitrogen and oxygen atoms in total. The molecule has 1 fully saturated rings. The number of piperazine rings is 1. The highest BCUT2D eigenvalue weighted by molar-refractivity contribution is 5.92. The molecule has 3 aromatic rings. The van der Waals surface area contributed by atoms with E-state index in [2.05, 4.69) is 49.5 Å². The standard InChI is InChI=1S/C18H23N7O/c1-2-25-17(21-13-22-25)12-20-18(26)24-10-8-23(9-11-24)16-5-3-4-15-14(16)6-7-19-15/h3-7,13,19H,2,8-12H2,1H3,(H,20,26). The maximum absolute atomic E-state index is 12.4. The summed E-state index contributed by atoms with van der Waals surface area (Å²) >= 11 is 0. The van der Waals surface area contributed by atoms with Crippen LogP contribution in [-0.4, -0.2) is 56.9 Å². The molecule has 1 aliphatic heterocycles. The quantitative estimate of drug-likeness (QED) is 0.749. The summed E-state index contributed by atoms with van der Waals surface area (Å²) in [6.07, 6.45) is 3.48. The van der Waals surface area contributed by atoms with Gasteiger partial charge in [-0.05, 0) is 25.1 Å². The number of amides is 2. The van der Waals surface area contributed by atoms with Crippen LogP contribution < -0.4 is 10.2 Å². The first-order valence-corrected chi connectivity index (χ1v) is 8.97. The Kier molecular flexibility index (Phi) is 4.47. The van der Waals surface area contributed by atoms with Gasteiger partial charge in [-0.1, -0.05) is 6.07 Å². The van der Waals surface area contributed by atoms with Gasteiger partial charge in [0.05, 0.1) is 6.54 Å². The van der Waals surface area contributed by atoms with E-state index in [1.54, 1.807) is 4.68 Å². The first-order chi connectivity index (χ1) is 12.8. The molecule has 1 aromatic carbocycles. The van der Waals surface area contributed by atoms with E-state index in [4.69, 9.17) is 0 Å². The van der Waals surface area contributed by atoms with Crippen LogP contribution >= 0.6 is 0 Å². The lowest BCUT2D eigenvalue weighted by Gasteiger charge is -2.36. The number of benzene rings is 1. The summed E-state index contributed by atoms with van der Waals surface area (Å²) < 4.78 is 1.79. The first kappa shape index (κ1) is 16.4. The van der Waals surface area contributed by atoms with Crippen LogP contribution in [0, 0.1) is 0 Å². The number of fused-ring (bicyclic) bond motifs is 1. The summed E-state index contributed by atoms with van der Waals surface area (Å²) in [5, 5.41) is 8.30. The summed E-state index contributed by atoms with van der Waals surface area (Å²) in [5.41, 5.74) is 2.36. The second kappa shape index (κ2) is 7.07. The Balaban J connectivity index is 1.34. The van der Waals surface area contributed by atoms with Crippen molar-refractivity contribution >= 4 is 22.6 Å². The van der Waals surface area contributed by atoms with Crippen molar-refractivity contribution in [3.05, 3.63) is 42.6 Å². The van der Waals surface area contributed by atoms with E-state index in [1.165, 1.54) is 17.4 Å². The van der Waals surface area contributed by atoms with E-state index in [0.717, 1.165) is 31.0 Å². The third-order valence-corrected chi connectivity index (χ3v) is 4.87. The molecule has 0 bridgehead atoms. The van der Waals surface area contributed by atoms with E-state index in [0.29, 0.717) is 19.6 Å². The van der Waals surface area contributed by atoms with Gasteiger partial charge >= 0.3 is 6.03 Å². The highest BCUT2D eigenvalue weighted by atomic mass is 16.2. The Morgan fingerprint density at radius 2 is 2.08 bits per heavy atom. The first-order valence-electron chi connectivity index (χ1n) is 8.97. The number of nitrogens with one attached hydrogen (secondary N) is 2. The molecule has 0 aliphatic carbocycles. The van der Waals surface area contributed by atoms with Gasteiger partial charge in [0.25, 0.3) is 0 Å². The van der Waals surface area contributed by atoms with Crippen molar-refractivity contribution in [2.24, 2.45) is 0 Å². The SMILES string of the molecule is CCn1ncnc1CNC(=O)N1CCN(c2cccc3[nH]ccc23)CC1. The number of aryl methyl sites for hydroxylation is 1. The fourth-order valence-corrected chi connectivity index (χ4v) is 3.45. The number of aromatic amines is 1. The number of carbonyl (C=O) groups is 1. The zero-order valence-corrected chi connectivity index (χ0v) is 14.9. The zero-order valence-electron chi connectivity index (χ0n) is 14.9. The maximum Gasteiger partial charge on any atom is 0.317 e. The van der Waals surface area contributed by atoms with Gasteiger partial charge in [0.1, 0.15) is 12.2 Å². The topological polar surface area (TPSA) is 82.1 Å². The van der Waals surface area contributed by atoms with E-state index >= 15 is 0 Å². The van der Waals surface area contributed by atoms with Gasteiger partial charge in [-0.15, -0.1) is 0 Å². The van der Waals surface area contributed by atoms with Crippen LogP contribution in [0.1, 0.15) is 12.7 Å². The third kappa shape index (κ3) is 3.10. The number of hydrogen-bond acceptors (Lipinski definition) is 4. The predicted octanol–water partition coefficient (Wildman–Crippen LogP) is 1.81. The highest BCUT2D eigenvalue weighted by Crippen LogP contribution is 2.26. The molecule has 0 saturated carbocycles. The summed E-state index contributed by atoms with van der Waals surface area (Å²) in [6, 6.07) is 8.35. The molecule has 2 amide bonds. The van der Waals surface area contributed by atoms with Crippen molar-refractivity contribution in [1.29, 1.82) is 0 Å². The lowest BCUT2D eigenvalue weighted by molar-refractivity contribution is 0.193. The minimum atomic E-state index is -0.0462. The van der Waals surface area contributed by atoms with E-state index < -0.39 is 0 Å². The molecule has 8 heteroatoms. The van der Waals surface area contributed by atoms with Gasteiger partial charge in [0.15, 0.2) is 0 Å². The number of nitrogens with zero attached hydrogens (tertiary/aromatic N) is 5. The van der Waals surface area contributed by atoms with Crippen LogP contribution in [-0.2, 0) is 13.1 Å². The summed E-state index contributed by atoms with van der Waals surface area (Å²) in [4.78, 5) is 24.1. The molecular weight excluding hydrogens is 330 g/mol. The monoisotopic (exact) mass is 353 g/mol. The molecule has 0 radical (unpaired) electrons. The van der Waals surface area contributed by atoms with E-state index in [-0.39, 0.29) is 6.03 Å². The van der Waals surface area contributed by atoms with Crippen LogP contribution in [0.15, 0.2) is 36.8 Å². The van der Waals surface area contributed by atoms with Crippen molar-refractivity contribution in [2.75, 3.05) is 31.1 Å². The summed E-state index contributed by atoms with van der Waals surface area (Å²) in [5.74, 6) is 0.777. The van der Waals surface area contributed by atoms with Crippen molar-refractivity contribution in [3.8, 4) is 0 Å². The maximum atomic E-state index is 12.4. The Morgan fingerprint density at radius 3 is 2.88 bits per heavy atom. The highest BCUT2D eigenvalue weighted by Gasteiger charge is 2.22. The van der Waals surface area contributed by atoms with Gasteiger partial charge in [0.2, 0.25) is 0 Å². The summed E-state index contributed by atoms with van der Waals surface area (Å²) in [6.45, 7) is 6.19.